The maximum absolute atomic E-state index is 13.6. The maximum Gasteiger partial charge on any atom is 0.330 e. The summed E-state index contributed by atoms with van der Waals surface area (Å²) in [5.41, 5.74) is 1.39. The van der Waals surface area contributed by atoms with Gasteiger partial charge in [-0.1, -0.05) is 50.6 Å². The van der Waals surface area contributed by atoms with Crippen molar-refractivity contribution >= 4 is 17.7 Å². The molecule has 230 valence electrons. The molecule has 0 radical (unpaired) electrons. The summed E-state index contributed by atoms with van der Waals surface area (Å²) in [7, 11) is 4.74. The van der Waals surface area contributed by atoms with E-state index in [2.05, 4.69) is 16.0 Å². The summed E-state index contributed by atoms with van der Waals surface area (Å²) >= 11 is 0. The minimum Gasteiger partial charge on any atom is -0.354 e. The fourth-order valence-electron chi connectivity index (χ4n) is 5.34. The standard InChI is InChI=1S/C31H46N6O5/c1-7-20(2)26-30(41)35(4)21(3)27(38)34-24(19-22-13-9-8-10-14-22)28(39)33-18-11-15-23-25(16-12-17-32-26)36(5)31(42)37(6)29(23)40/h8-10,13-14,20-21,24,26,32H,7,11-12,15-19H2,1-6H3,(H,33,39)(H,34,38)/t20-,21+,24+,26-/m0/s1. The average molecular weight is 583 g/mol. The normalized spacial score (nSPS) is 22.4. The number of nitrogens with zero attached hydrogens (tertiary/aromatic N) is 3. The van der Waals surface area contributed by atoms with Gasteiger partial charge in [-0.3, -0.25) is 23.7 Å². The predicted molar refractivity (Wildman–Crippen MR) is 162 cm³/mol. The van der Waals surface area contributed by atoms with Crippen molar-refractivity contribution < 1.29 is 14.4 Å². The molecule has 0 unspecified atom stereocenters. The average Bonchev–Trinajstić information content (AvgIpc) is 2.99. The summed E-state index contributed by atoms with van der Waals surface area (Å²) in [5.74, 6) is -0.966. The lowest BCUT2D eigenvalue weighted by atomic mass is 9.97. The second-order valence-electron chi connectivity index (χ2n) is 11.3. The van der Waals surface area contributed by atoms with Crippen LogP contribution in [0.15, 0.2) is 39.9 Å². The van der Waals surface area contributed by atoms with Gasteiger partial charge in [-0.25, -0.2) is 4.79 Å². The minimum absolute atomic E-state index is 0.00125. The van der Waals surface area contributed by atoms with E-state index in [-0.39, 0.29) is 41.9 Å². The zero-order chi connectivity index (χ0) is 31.0. The first-order valence-corrected chi connectivity index (χ1v) is 14.9. The molecule has 0 spiro atoms. The van der Waals surface area contributed by atoms with Crippen molar-refractivity contribution in [2.75, 3.05) is 20.1 Å². The Morgan fingerprint density at radius 2 is 1.57 bits per heavy atom. The monoisotopic (exact) mass is 582 g/mol. The first kappa shape index (κ1) is 32.8. The third-order valence-corrected chi connectivity index (χ3v) is 8.45. The lowest BCUT2D eigenvalue weighted by Gasteiger charge is -2.32. The molecule has 11 nitrogen and oxygen atoms in total. The minimum atomic E-state index is -0.853. The van der Waals surface area contributed by atoms with Crippen LogP contribution in [-0.4, -0.2) is 70.0 Å². The number of likely N-dealkylation sites (N-methyl/N-ethyl adjacent to an activating group) is 1. The van der Waals surface area contributed by atoms with Crippen molar-refractivity contribution in [1.29, 1.82) is 0 Å². The molecule has 0 saturated carbocycles. The molecule has 2 heterocycles. The lowest BCUT2D eigenvalue weighted by Crippen LogP contribution is -2.57. The van der Waals surface area contributed by atoms with E-state index in [4.69, 9.17) is 0 Å². The van der Waals surface area contributed by atoms with Gasteiger partial charge in [0.15, 0.2) is 0 Å². The van der Waals surface area contributed by atoms with Gasteiger partial charge in [-0.05, 0) is 50.6 Å². The molecule has 0 bridgehead atoms. The Labute approximate surface area is 247 Å². The van der Waals surface area contributed by atoms with Crippen molar-refractivity contribution in [3.63, 3.8) is 0 Å². The van der Waals surface area contributed by atoms with Crippen molar-refractivity contribution in [3.05, 3.63) is 68.0 Å². The second kappa shape index (κ2) is 14.9. The molecule has 3 N–H and O–H groups in total. The summed E-state index contributed by atoms with van der Waals surface area (Å²) in [6, 6.07) is 7.24. The largest absolute Gasteiger partial charge is 0.354 e. The van der Waals surface area contributed by atoms with E-state index >= 15 is 0 Å². The van der Waals surface area contributed by atoms with Crippen LogP contribution in [0.2, 0.25) is 0 Å². The summed E-state index contributed by atoms with van der Waals surface area (Å²) in [6.45, 7) is 6.44. The number of amides is 3. The number of benzene rings is 1. The van der Waals surface area contributed by atoms with Crippen LogP contribution in [0.1, 0.15) is 56.9 Å². The van der Waals surface area contributed by atoms with Gasteiger partial charge < -0.3 is 25.4 Å². The van der Waals surface area contributed by atoms with E-state index in [1.54, 1.807) is 21.0 Å². The Morgan fingerprint density at radius 3 is 2.24 bits per heavy atom. The molecule has 3 amide bonds. The highest BCUT2D eigenvalue weighted by Gasteiger charge is 2.32. The molecular formula is C31H46N6O5. The van der Waals surface area contributed by atoms with Crippen LogP contribution < -0.4 is 27.2 Å². The van der Waals surface area contributed by atoms with Crippen molar-refractivity contribution in [3.8, 4) is 0 Å². The maximum atomic E-state index is 13.6. The molecule has 4 atom stereocenters. The molecule has 1 aliphatic rings. The van der Waals surface area contributed by atoms with Crippen molar-refractivity contribution in [2.24, 2.45) is 20.0 Å². The van der Waals surface area contributed by atoms with Crippen LogP contribution >= 0.6 is 0 Å². The molecular weight excluding hydrogens is 536 g/mol. The highest BCUT2D eigenvalue weighted by Crippen LogP contribution is 2.14. The number of hydrogen-bond acceptors (Lipinski definition) is 6. The topological polar surface area (TPSA) is 135 Å². The highest BCUT2D eigenvalue weighted by atomic mass is 16.2. The fraction of sp³-hybridized carbons (Fsp3) is 0.581. The Kier molecular flexibility index (Phi) is 11.7. The first-order valence-electron chi connectivity index (χ1n) is 14.9. The van der Waals surface area contributed by atoms with E-state index in [1.165, 1.54) is 16.5 Å². The molecule has 42 heavy (non-hydrogen) atoms. The lowest BCUT2D eigenvalue weighted by molar-refractivity contribution is -0.141. The van der Waals surface area contributed by atoms with Crippen LogP contribution in [0.3, 0.4) is 0 Å². The van der Waals surface area contributed by atoms with Crippen LogP contribution in [0.4, 0.5) is 0 Å². The van der Waals surface area contributed by atoms with E-state index in [1.807, 2.05) is 44.2 Å². The van der Waals surface area contributed by atoms with E-state index in [9.17, 15) is 24.0 Å². The van der Waals surface area contributed by atoms with E-state index < -0.39 is 24.0 Å². The Morgan fingerprint density at radius 1 is 0.905 bits per heavy atom. The Balaban J connectivity index is 1.96. The summed E-state index contributed by atoms with van der Waals surface area (Å²) in [5, 5.41) is 9.15. The van der Waals surface area contributed by atoms with Gasteiger partial charge >= 0.3 is 5.69 Å². The van der Waals surface area contributed by atoms with Crippen LogP contribution in [0.5, 0.6) is 0 Å². The van der Waals surface area contributed by atoms with Gasteiger partial charge in [0.2, 0.25) is 17.7 Å². The number of hydrogen-bond donors (Lipinski definition) is 3. The van der Waals surface area contributed by atoms with Gasteiger partial charge in [0.1, 0.15) is 12.1 Å². The third-order valence-electron chi connectivity index (χ3n) is 8.45. The second-order valence-corrected chi connectivity index (χ2v) is 11.3. The third kappa shape index (κ3) is 7.76. The molecule has 1 aromatic heterocycles. The zero-order valence-electron chi connectivity index (χ0n) is 25.7. The predicted octanol–water partition coefficient (Wildman–Crippen LogP) is 0.658. The smallest absolute Gasteiger partial charge is 0.330 e. The first-order chi connectivity index (χ1) is 20.0. The van der Waals surface area contributed by atoms with Gasteiger partial charge in [0.05, 0.1) is 6.04 Å². The quantitative estimate of drug-likeness (QED) is 0.485. The summed E-state index contributed by atoms with van der Waals surface area (Å²) < 4.78 is 2.63. The Hall–Kier alpha value is -3.73. The summed E-state index contributed by atoms with van der Waals surface area (Å²) in [4.78, 5) is 67.5. The number of aromatic nitrogens is 2. The zero-order valence-corrected chi connectivity index (χ0v) is 25.7. The Bertz CT molecular complexity index is 1370. The highest BCUT2D eigenvalue weighted by molar-refractivity contribution is 5.93. The number of fused-ring (bicyclic) bond motifs is 1. The van der Waals surface area contributed by atoms with Gasteiger partial charge in [-0.15, -0.1) is 0 Å². The number of carbonyl (C=O) groups is 3. The molecule has 2 aromatic rings. The van der Waals surface area contributed by atoms with Crippen LogP contribution in [0.25, 0.3) is 0 Å². The van der Waals surface area contributed by atoms with Crippen molar-refractivity contribution in [1.82, 2.24) is 30.0 Å². The summed E-state index contributed by atoms with van der Waals surface area (Å²) in [6.07, 6.45) is 2.99. The molecule has 0 fully saturated rings. The number of nitrogens with one attached hydrogen (secondary N) is 3. The number of carbonyl (C=O) groups excluding carboxylic acids is 3. The van der Waals surface area contributed by atoms with Crippen LogP contribution in [-0.2, 0) is 47.7 Å². The molecule has 0 aliphatic carbocycles. The molecule has 1 aromatic carbocycles. The molecule has 0 saturated heterocycles. The number of rotatable bonds is 4. The van der Waals surface area contributed by atoms with Crippen molar-refractivity contribution in [2.45, 2.75) is 77.4 Å². The van der Waals surface area contributed by atoms with E-state index in [0.717, 1.165) is 16.6 Å². The van der Waals surface area contributed by atoms with Crippen LogP contribution in [0, 0.1) is 5.92 Å². The molecule has 3 rings (SSSR count). The van der Waals surface area contributed by atoms with Gasteiger partial charge in [-0.2, -0.15) is 0 Å². The van der Waals surface area contributed by atoms with E-state index in [0.29, 0.717) is 43.5 Å². The molecule has 11 heteroatoms. The van der Waals surface area contributed by atoms with Gasteiger partial charge in [0.25, 0.3) is 5.56 Å². The molecule has 1 aliphatic heterocycles. The fourth-order valence-corrected chi connectivity index (χ4v) is 5.34. The SMILES string of the molecule is CC[C@H](C)[C@@H]1NCCCc2c(c(=O)n(C)c(=O)n2C)CCCNC(=O)[C@@H](Cc2ccccc2)NC(=O)[C@@H](C)N(C)C1=O. The van der Waals surface area contributed by atoms with Gasteiger partial charge in [0, 0.05) is 45.4 Å².